The van der Waals surface area contributed by atoms with Crippen molar-refractivity contribution < 1.29 is 13.4 Å². The number of hydrogen-bond acceptors (Lipinski definition) is 2. The first-order chi connectivity index (χ1) is 9.06. The second kappa shape index (κ2) is 8.04. The van der Waals surface area contributed by atoms with Gasteiger partial charge < -0.3 is 5.32 Å². The highest BCUT2D eigenvalue weighted by Gasteiger charge is 2.20. The van der Waals surface area contributed by atoms with Gasteiger partial charge in [0, 0.05) is 11.4 Å². The summed E-state index contributed by atoms with van der Waals surface area (Å²) < 4.78 is 24.9. The lowest BCUT2D eigenvalue weighted by Crippen LogP contribution is -2.36. The smallest absolute Gasteiger partial charge is 0.235 e. The molecule has 106 valence electrons. The van der Waals surface area contributed by atoms with Gasteiger partial charge in [-0.3, -0.25) is 9.00 Å². The van der Waals surface area contributed by atoms with Crippen molar-refractivity contribution in [1.29, 1.82) is 0 Å². The highest BCUT2D eigenvalue weighted by molar-refractivity contribution is 7.86. The number of carbonyl (C=O) groups is 1. The van der Waals surface area contributed by atoms with E-state index in [4.69, 9.17) is 0 Å². The normalized spacial score (nSPS) is 13.8. The van der Waals surface area contributed by atoms with E-state index in [1.54, 1.807) is 6.92 Å². The van der Waals surface area contributed by atoms with Crippen molar-refractivity contribution in [3.8, 4) is 0 Å². The first-order valence-electron chi connectivity index (χ1n) is 6.50. The Morgan fingerprint density at radius 2 is 1.95 bits per heavy atom. The maximum atomic E-state index is 12.8. The van der Waals surface area contributed by atoms with Crippen molar-refractivity contribution in [2.75, 3.05) is 6.54 Å². The highest BCUT2D eigenvalue weighted by atomic mass is 32.2. The standard InChI is InChI=1S/C14H20FNO2S/c1-3-4-5-10-16-14(17)11(2)19(18)13-8-6-12(15)7-9-13/h6-9,11H,3-5,10H2,1-2H3,(H,16,17). The van der Waals surface area contributed by atoms with E-state index >= 15 is 0 Å². The number of unbranched alkanes of at least 4 members (excludes halogenated alkanes) is 2. The van der Waals surface area contributed by atoms with Crippen molar-refractivity contribution in [2.24, 2.45) is 0 Å². The topological polar surface area (TPSA) is 46.2 Å². The summed E-state index contributed by atoms with van der Waals surface area (Å²) >= 11 is 0. The molecule has 2 unspecified atom stereocenters. The zero-order valence-electron chi connectivity index (χ0n) is 11.3. The van der Waals surface area contributed by atoms with Gasteiger partial charge in [0.2, 0.25) is 5.91 Å². The lowest BCUT2D eigenvalue weighted by atomic mass is 10.2. The molecule has 0 aliphatic heterocycles. The highest BCUT2D eigenvalue weighted by Crippen LogP contribution is 2.12. The minimum Gasteiger partial charge on any atom is -0.355 e. The van der Waals surface area contributed by atoms with Crippen molar-refractivity contribution in [3.63, 3.8) is 0 Å². The van der Waals surface area contributed by atoms with Crippen molar-refractivity contribution in [3.05, 3.63) is 30.1 Å². The Bertz CT molecular complexity index is 434. The number of halogens is 1. The molecule has 0 aliphatic rings. The molecule has 2 atom stereocenters. The maximum absolute atomic E-state index is 12.8. The van der Waals surface area contributed by atoms with Crippen LogP contribution in [0.25, 0.3) is 0 Å². The lowest BCUT2D eigenvalue weighted by Gasteiger charge is -2.12. The summed E-state index contributed by atoms with van der Waals surface area (Å²) in [5, 5.41) is 2.14. The van der Waals surface area contributed by atoms with Crippen LogP contribution in [0.3, 0.4) is 0 Å². The van der Waals surface area contributed by atoms with Crippen LogP contribution in [-0.2, 0) is 15.6 Å². The van der Waals surface area contributed by atoms with E-state index < -0.39 is 16.0 Å². The number of benzene rings is 1. The molecule has 0 saturated carbocycles. The Morgan fingerprint density at radius 1 is 1.32 bits per heavy atom. The van der Waals surface area contributed by atoms with Crippen molar-refractivity contribution in [2.45, 2.75) is 43.3 Å². The molecule has 3 nitrogen and oxygen atoms in total. The zero-order valence-corrected chi connectivity index (χ0v) is 12.1. The van der Waals surface area contributed by atoms with Crippen LogP contribution in [0.15, 0.2) is 29.2 Å². The summed E-state index contributed by atoms with van der Waals surface area (Å²) in [7, 11) is -1.45. The van der Waals surface area contributed by atoms with E-state index in [1.165, 1.54) is 24.3 Å². The Labute approximate surface area is 116 Å². The predicted molar refractivity (Wildman–Crippen MR) is 74.8 cm³/mol. The van der Waals surface area contributed by atoms with E-state index in [0.29, 0.717) is 11.4 Å². The monoisotopic (exact) mass is 285 g/mol. The van der Waals surface area contributed by atoms with Gasteiger partial charge in [0.05, 0.1) is 10.8 Å². The summed E-state index contributed by atoms with van der Waals surface area (Å²) in [5.41, 5.74) is 0. The summed E-state index contributed by atoms with van der Waals surface area (Å²) in [4.78, 5) is 12.3. The molecule has 0 fully saturated rings. The van der Waals surface area contributed by atoms with Gasteiger partial charge >= 0.3 is 0 Å². The lowest BCUT2D eigenvalue weighted by molar-refractivity contribution is -0.120. The first kappa shape index (κ1) is 15.8. The van der Waals surface area contributed by atoms with Crippen LogP contribution in [0.5, 0.6) is 0 Å². The SMILES string of the molecule is CCCCCNC(=O)C(C)S(=O)c1ccc(F)cc1. The fourth-order valence-corrected chi connectivity index (χ4v) is 2.69. The average Bonchev–Trinajstić information content (AvgIpc) is 2.42. The molecular weight excluding hydrogens is 265 g/mol. The van der Waals surface area contributed by atoms with Gasteiger partial charge in [-0.2, -0.15) is 0 Å². The second-order valence-electron chi connectivity index (χ2n) is 4.39. The molecule has 0 heterocycles. The van der Waals surface area contributed by atoms with Gasteiger partial charge in [-0.05, 0) is 37.6 Å². The average molecular weight is 285 g/mol. The molecule has 1 amide bonds. The molecule has 1 rings (SSSR count). The molecule has 0 bridgehead atoms. The molecule has 0 spiro atoms. The molecule has 0 saturated heterocycles. The third-order valence-corrected chi connectivity index (χ3v) is 4.41. The van der Waals surface area contributed by atoms with E-state index in [0.717, 1.165) is 19.3 Å². The van der Waals surface area contributed by atoms with Crippen LogP contribution < -0.4 is 5.32 Å². The molecule has 0 aromatic heterocycles. The van der Waals surface area contributed by atoms with Crippen molar-refractivity contribution >= 4 is 16.7 Å². The fourth-order valence-electron chi connectivity index (χ4n) is 1.60. The fraction of sp³-hybridized carbons (Fsp3) is 0.500. The van der Waals surface area contributed by atoms with E-state index in [2.05, 4.69) is 12.2 Å². The minimum atomic E-state index is -1.45. The zero-order chi connectivity index (χ0) is 14.3. The summed E-state index contributed by atoms with van der Waals surface area (Å²) in [5.74, 6) is -0.601. The van der Waals surface area contributed by atoms with Crippen LogP contribution >= 0.6 is 0 Å². The summed E-state index contributed by atoms with van der Waals surface area (Å²) in [6.45, 7) is 4.32. The number of amides is 1. The van der Waals surface area contributed by atoms with Crippen LogP contribution in [0.2, 0.25) is 0 Å². The van der Waals surface area contributed by atoms with E-state index in [-0.39, 0.29) is 11.7 Å². The Hall–Kier alpha value is -1.23. The second-order valence-corrected chi connectivity index (χ2v) is 6.17. The number of carbonyl (C=O) groups excluding carboxylic acids is 1. The third kappa shape index (κ3) is 5.11. The third-order valence-electron chi connectivity index (χ3n) is 2.82. The quantitative estimate of drug-likeness (QED) is 0.783. The predicted octanol–water partition coefficient (Wildman–Crippen LogP) is 2.63. The Balaban J connectivity index is 2.51. The van der Waals surface area contributed by atoms with Crippen LogP contribution in [0.4, 0.5) is 4.39 Å². The Morgan fingerprint density at radius 3 is 2.53 bits per heavy atom. The summed E-state index contributed by atoms with van der Waals surface area (Å²) in [6, 6.07) is 5.40. The van der Waals surface area contributed by atoms with Gasteiger partial charge in [0.25, 0.3) is 0 Å². The van der Waals surface area contributed by atoms with Crippen molar-refractivity contribution in [1.82, 2.24) is 5.32 Å². The largest absolute Gasteiger partial charge is 0.355 e. The number of hydrogen-bond donors (Lipinski definition) is 1. The molecule has 5 heteroatoms. The van der Waals surface area contributed by atoms with E-state index in [9.17, 15) is 13.4 Å². The first-order valence-corrected chi connectivity index (χ1v) is 7.71. The molecule has 1 N–H and O–H groups in total. The van der Waals surface area contributed by atoms with Crippen LogP contribution in [-0.4, -0.2) is 21.9 Å². The molecule has 1 aromatic carbocycles. The van der Waals surface area contributed by atoms with Crippen LogP contribution in [0, 0.1) is 5.82 Å². The molecular formula is C14H20FNO2S. The molecule has 1 aromatic rings. The number of rotatable bonds is 7. The number of nitrogens with one attached hydrogen (secondary N) is 1. The molecule has 0 aliphatic carbocycles. The van der Waals surface area contributed by atoms with Crippen LogP contribution in [0.1, 0.15) is 33.1 Å². The maximum Gasteiger partial charge on any atom is 0.235 e. The molecule has 19 heavy (non-hydrogen) atoms. The van der Waals surface area contributed by atoms with Gasteiger partial charge in [0.15, 0.2) is 0 Å². The van der Waals surface area contributed by atoms with E-state index in [1.807, 2.05) is 0 Å². The Kier molecular flexibility index (Phi) is 6.70. The van der Waals surface area contributed by atoms with Gasteiger partial charge in [-0.1, -0.05) is 19.8 Å². The molecule has 0 radical (unpaired) electrons. The van der Waals surface area contributed by atoms with Gasteiger partial charge in [0.1, 0.15) is 11.1 Å². The summed E-state index contributed by atoms with van der Waals surface area (Å²) in [6.07, 6.45) is 3.08. The minimum absolute atomic E-state index is 0.223. The van der Waals surface area contributed by atoms with Gasteiger partial charge in [-0.25, -0.2) is 4.39 Å². The van der Waals surface area contributed by atoms with Gasteiger partial charge in [-0.15, -0.1) is 0 Å².